The Balaban J connectivity index is 1.93. The van der Waals surface area contributed by atoms with Crippen molar-refractivity contribution < 1.29 is 4.79 Å². The van der Waals surface area contributed by atoms with Gasteiger partial charge in [-0.15, -0.1) is 0 Å². The Kier molecular flexibility index (Phi) is 5.48. The lowest BCUT2D eigenvalue weighted by Crippen LogP contribution is -2.39. The smallest absolute Gasteiger partial charge is 0.280 e. The summed E-state index contributed by atoms with van der Waals surface area (Å²) in [6.45, 7) is 6.81. The van der Waals surface area contributed by atoms with Crippen LogP contribution < -0.4 is 0 Å². The molecule has 3 rings (SSSR count). The monoisotopic (exact) mass is 354 g/mol. The molecule has 0 N–H and O–H groups in total. The van der Waals surface area contributed by atoms with Gasteiger partial charge in [-0.2, -0.15) is 0 Å². The van der Waals surface area contributed by atoms with Crippen LogP contribution in [0, 0.1) is 6.92 Å². The van der Waals surface area contributed by atoms with Gasteiger partial charge in [0.2, 0.25) is 0 Å². The van der Waals surface area contributed by atoms with Crippen LogP contribution in [0.5, 0.6) is 0 Å². The molecule has 0 spiro atoms. The van der Waals surface area contributed by atoms with Crippen LogP contribution in [-0.4, -0.2) is 38.2 Å². The highest BCUT2D eigenvalue weighted by atomic mass is 32.2. The Hall–Kier alpha value is -2.21. The second kappa shape index (κ2) is 7.78. The number of nitrogens with zero attached hydrogens (tertiary/aromatic N) is 4. The Morgan fingerprint density at radius 2 is 2.04 bits per heavy atom. The van der Waals surface area contributed by atoms with E-state index in [1.807, 2.05) is 25.1 Å². The molecule has 0 radical (unpaired) electrons. The highest BCUT2D eigenvalue weighted by Gasteiger charge is 2.26. The third-order valence-electron chi connectivity index (χ3n) is 4.01. The van der Waals surface area contributed by atoms with Crippen molar-refractivity contribution in [2.75, 3.05) is 12.3 Å². The number of benzene rings is 1. The lowest BCUT2D eigenvalue weighted by molar-refractivity contribution is 0.0843. The molecule has 0 saturated carbocycles. The van der Waals surface area contributed by atoms with Gasteiger partial charge in [0, 0.05) is 18.5 Å². The number of carbonyl (C=O) groups is 1. The number of hydrogen-bond acceptors (Lipinski definition) is 5. The minimum absolute atomic E-state index is 0.138. The molecule has 1 saturated heterocycles. The van der Waals surface area contributed by atoms with Crippen LogP contribution in [0.15, 0.2) is 41.7 Å². The molecule has 25 heavy (non-hydrogen) atoms. The number of carbonyl (C=O) groups excluding carboxylic acids is 1. The second-order valence-electron chi connectivity index (χ2n) is 6.31. The van der Waals surface area contributed by atoms with Gasteiger partial charge in [0.15, 0.2) is 5.17 Å². The molecule has 0 aliphatic carbocycles. The topological polar surface area (TPSA) is 58.5 Å². The van der Waals surface area contributed by atoms with Crippen molar-refractivity contribution in [3.63, 3.8) is 0 Å². The number of aromatic nitrogens is 2. The van der Waals surface area contributed by atoms with Crippen LogP contribution in [0.2, 0.25) is 0 Å². The quantitative estimate of drug-likeness (QED) is 0.830. The summed E-state index contributed by atoms with van der Waals surface area (Å²) in [5.41, 5.74) is 3.26. The van der Waals surface area contributed by atoms with Gasteiger partial charge in [0.1, 0.15) is 5.69 Å². The summed E-state index contributed by atoms with van der Waals surface area (Å²) in [6, 6.07) is 8.11. The maximum atomic E-state index is 12.9. The van der Waals surface area contributed by atoms with Crippen molar-refractivity contribution in [1.82, 2.24) is 14.9 Å². The molecule has 2 heterocycles. The molecule has 1 aromatic heterocycles. The first-order valence-corrected chi connectivity index (χ1v) is 9.45. The van der Waals surface area contributed by atoms with Gasteiger partial charge in [-0.3, -0.25) is 14.7 Å². The summed E-state index contributed by atoms with van der Waals surface area (Å²) in [5.74, 6) is 1.20. The zero-order valence-corrected chi connectivity index (χ0v) is 15.6. The third kappa shape index (κ3) is 4.07. The predicted molar refractivity (Wildman–Crippen MR) is 103 cm³/mol. The normalized spacial score (nSPS) is 16.5. The second-order valence-corrected chi connectivity index (χ2v) is 7.37. The van der Waals surface area contributed by atoms with Crippen LogP contribution >= 0.6 is 11.8 Å². The fourth-order valence-corrected chi connectivity index (χ4v) is 3.61. The molecule has 1 amide bonds. The van der Waals surface area contributed by atoms with Gasteiger partial charge in [0.05, 0.1) is 17.6 Å². The van der Waals surface area contributed by atoms with Gasteiger partial charge in [-0.25, -0.2) is 9.98 Å². The Labute approximate surface area is 152 Å². The van der Waals surface area contributed by atoms with Crippen molar-refractivity contribution >= 4 is 28.5 Å². The average molecular weight is 354 g/mol. The van der Waals surface area contributed by atoms with E-state index in [-0.39, 0.29) is 5.91 Å². The van der Waals surface area contributed by atoms with E-state index in [1.165, 1.54) is 11.8 Å². The summed E-state index contributed by atoms with van der Waals surface area (Å²) in [4.78, 5) is 27.8. The van der Waals surface area contributed by atoms with Crippen LogP contribution in [0.3, 0.4) is 0 Å². The van der Waals surface area contributed by atoms with Gasteiger partial charge in [-0.1, -0.05) is 43.8 Å². The number of amidine groups is 1. The number of para-hydroxylation sites is 1. The molecule has 2 aromatic rings. The maximum absolute atomic E-state index is 12.9. The van der Waals surface area contributed by atoms with Gasteiger partial charge >= 0.3 is 0 Å². The predicted octanol–water partition coefficient (Wildman–Crippen LogP) is 4.18. The maximum Gasteiger partial charge on any atom is 0.280 e. The molecule has 1 fully saturated rings. The van der Waals surface area contributed by atoms with Gasteiger partial charge in [0.25, 0.3) is 5.91 Å². The molecular formula is C19H22N4OS. The minimum atomic E-state index is -0.138. The summed E-state index contributed by atoms with van der Waals surface area (Å²) in [7, 11) is 0. The number of hydrogen-bond donors (Lipinski definition) is 0. The van der Waals surface area contributed by atoms with E-state index in [4.69, 9.17) is 4.99 Å². The average Bonchev–Trinajstić information content (AvgIpc) is 2.62. The number of aliphatic imine (C=N–C) groups is 1. The SMILES string of the molecule is Cc1cnc(C(=O)N2CCCSC2=Nc2ccccc2C(C)C)cn1. The van der Waals surface area contributed by atoms with Crippen molar-refractivity contribution in [3.05, 3.63) is 53.6 Å². The van der Waals surface area contributed by atoms with Gasteiger partial charge in [-0.05, 0) is 30.9 Å². The van der Waals surface area contributed by atoms with E-state index in [0.717, 1.165) is 28.7 Å². The summed E-state index contributed by atoms with van der Waals surface area (Å²) < 4.78 is 0. The summed E-state index contributed by atoms with van der Waals surface area (Å²) in [5, 5.41) is 0.742. The molecular weight excluding hydrogens is 332 g/mol. The fourth-order valence-electron chi connectivity index (χ4n) is 2.66. The Bertz CT molecular complexity index is 786. The number of amides is 1. The van der Waals surface area contributed by atoms with Gasteiger partial charge < -0.3 is 0 Å². The Morgan fingerprint density at radius 3 is 2.76 bits per heavy atom. The molecule has 130 valence electrons. The first-order valence-electron chi connectivity index (χ1n) is 8.47. The zero-order valence-electron chi connectivity index (χ0n) is 14.8. The molecule has 0 bridgehead atoms. The summed E-state index contributed by atoms with van der Waals surface area (Å²) in [6.07, 6.45) is 4.10. The summed E-state index contributed by atoms with van der Waals surface area (Å²) >= 11 is 1.62. The van der Waals surface area contributed by atoms with Crippen molar-refractivity contribution in [3.8, 4) is 0 Å². The lowest BCUT2D eigenvalue weighted by atomic mass is 10.0. The minimum Gasteiger partial charge on any atom is -0.286 e. The van der Waals surface area contributed by atoms with Crippen LogP contribution in [0.25, 0.3) is 0 Å². The number of rotatable bonds is 3. The third-order valence-corrected chi connectivity index (χ3v) is 5.07. The van der Waals surface area contributed by atoms with E-state index in [2.05, 4.69) is 29.9 Å². The van der Waals surface area contributed by atoms with E-state index >= 15 is 0 Å². The highest BCUT2D eigenvalue weighted by Crippen LogP contribution is 2.29. The molecule has 1 aromatic carbocycles. The Morgan fingerprint density at radius 1 is 1.24 bits per heavy atom. The number of aryl methyl sites for hydroxylation is 1. The van der Waals surface area contributed by atoms with E-state index < -0.39 is 0 Å². The number of thioether (sulfide) groups is 1. The highest BCUT2D eigenvalue weighted by molar-refractivity contribution is 8.13. The largest absolute Gasteiger partial charge is 0.286 e. The first-order chi connectivity index (χ1) is 12.1. The van der Waals surface area contributed by atoms with Crippen molar-refractivity contribution in [1.29, 1.82) is 0 Å². The molecule has 5 nitrogen and oxygen atoms in total. The molecule has 6 heteroatoms. The van der Waals surface area contributed by atoms with Crippen LogP contribution in [0.4, 0.5) is 5.69 Å². The lowest BCUT2D eigenvalue weighted by Gasteiger charge is -2.27. The van der Waals surface area contributed by atoms with E-state index in [9.17, 15) is 4.79 Å². The first kappa shape index (κ1) is 17.6. The van der Waals surface area contributed by atoms with Crippen molar-refractivity contribution in [2.24, 2.45) is 4.99 Å². The molecule has 0 unspecified atom stereocenters. The van der Waals surface area contributed by atoms with E-state index in [1.54, 1.807) is 22.9 Å². The van der Waals surface area contributed by atoms with Crippen molar-refractivity contribution in [2.45, 2.75) is 33.1 Å². The standard InChI is InChI=1S/C19H22N4OS/c1-13(2)15-7-4-5-8-16(15)22-19-23(9-6-10-25-19)18(24)17-12-20-14(3)11-21-17/h4-5,7-8,11-13H,6,9-10H2,1-3H3. The van der Waals surface area contributed by atoms with Crippen LogP contribution in [-0.2, 0) is 0 Å². The molecule has 1 aliphatic rings. The van der Waals surface area contributed by atoms with E-state index in [0.29, 0.717) is 18.2 Å². The van der Waals surface area contributed by atoms with Crippen LogP contribution in [0.1, 0.15) is 47.9 Å². The zero-order chi connectivity index (χ0) is 17.8. The fraction of sp³-hybridized carbons (Fsp3) is 0.368. The molecule has 1 aliphatic heterocycles. The molecule has 0 atom stereocenters.